The van der Waals surface area contributed by atoms with Crippen molar-refractivity contribution < 1.29 is 9.59 Å². The van der Waals surface area contributed by atoms with Gasteiger partial charge < -0.3 is 14.4 Å². The van der Waals surface area contributed by atoms with Crippen molar-refractivity contribution in [1.29, 1.82) is 0 Å². The normalized spacial score (nSPS) is 16.7. The van der Waals surface area contributed by atoms with Gasteiger partial charge in [-0.25, -0.2) is 4.98 Å². The van der Waals surface area contributed by atoms with E-state index in [1.54, 1.807) is 39.9 Å². The SMILES string of the molecule is C=CCN1CCN(C(=O)c2nccn2C)C[C@@H](Cc2cccc(-c3ccccc3)c2)C1=O. The van der Waals surface area contributed by atoms with Crippen LogP contribution in [0.3, 0.4) is 0 Å². The fourth-order valence-electron chi connectivity index (χ4n) is 4.22. The van der Waals surface area contributed by atoms with Crippen molar-refractivity contribution in [3.8, 4) is 11.1 Å². The summed E-state index contributed by atoms with van der Waals surface area (Å²) in [6, 6.07) is 18.5. The summed E-state index contributed by atoms with van der Waals surface area (Å²) in [5.41, 5.74) is 3.34. The Morgan fingerprint density at radius 3 is 2.62 bits per heavy atom. The Hall–Kier alpha value is -3.67. The van der Waals surface area contributed by atoms with Crippen molar-refractivity contribution in [2.75, 3.05) is 26.2 Å². The maximum Gasteiger partial charge on any atom is 0.289 e. The zero-order valence-corrected chi connectivity index (χ0v) is 18.4. The van der Waals surface area contributed by atoms with E-state index in [9.17, 15) is 9.59 Å². The molecule has 32 heavy (non-hydrogen) atoms. The highest BCUT2D eigenvalue weighted by Crippen LogP contribution is 2.23. The van der Waals surface area contributed by atoms with Crippen LogP contribution in [-0.2, 0) is 18.3 Å². The Bertz CT molecular complexity index is 1110. The highest BCUT2D eigenvalue weighted by Gasteiger charge is 2.33. The highest BCUT2D eigenvalue weighted by atomic mass is 16.2. The first-order valence-corrected chi connectivity index (χ1v) is 10.9. The van der Waals surface area contributed by atoms with Crippen molar-refractivity contribution in [3.05, 3.63) is 91.0 Å². The molecular weight excluding hydrogens is 400 g/mol. The lowest BCUT2D eigenvalue weighted by molar-refractivity contribution is -0.134. The zero-order valence-electron chi connectivity index (χ0n) is 18.4. The molecule has 2 heterocycles. The van der Waals surface area contributed by atoms with Gasteiger partial charge in [0.05, 0.1) is 5.92 Å². The molecule has 0 bridgehead atoms. The average Bonchev–Trinajstić information content (AvgIpc) is 3.19. The van der Waals surface area contributed by atoms with Crippen LogP contribution in [0, 0.1) is 5.92 Å². The third kappa shape index (κ3) is 4.64. The number of aromatic nitrogens is 2. The Labute approximate surface area is 188 Å². The predicted octanol–water partition coefficient (Wildman–Crippen LogP) is 3.42. The van der Waals surface area contributed by atoms with Gasteiger partial charge in [-0.15, -0.1) is 6.58 Å². The van der Waals surface area contributed by atoms with Gasteiger partial charge in [-0.05, 0) is 23.1 Å². The van der Waals surface area contributed by atoms with Gasteiger partial charge in [0, 0.05) is 45.6 Å². The molecule has 3 aromatic rings. The number of carbonyl (C=O) groups is 2. The predicted molar refractivity (Wildman–Crippen MR) is 125 cm³/mol. The smallest absolute Gasteiger partial charge is 0.289 e. The molecule has 1 saturated heterocycles. The molecule has 6 heteroatoms. The number of benzene rings is 2. The second-order valence-electron chi connectivity index (χ2n) is 8.15. The number of amides is 2. The first kappa shape index (κ1) is 21.6. The number of rotatable bonds is 6. The fourth-order valence-corrected chi connectivity index (χ4v) is 4.22. The summed E-state index contributed by atoms with van der Waals surface area (Å²) in [5, 5.41) is 0. The third-order valence-corrected chi connectivity index (χ3v) is 5.91. The van der Waals surface area contributed by atoms with Crippen LogP contribution in [0.1, 0.15) is 16.2 Å². The number of imidazole rings is 1. The Morgan fingerprint density at radius 1 is 1.12 bits per heavy atom. The van der Waals surface area contributed by atoms with Crippen LogP contribution in [0.15, 0.2) is 79.6 Å². The van der Waals surface area contributed by atoms with E-state index in [-0.39, 0.29) is 17.7 Å². The first-order valence-electron chi connectivity index (χ1n) is 10.9. The van der Waals surface area contributed by atoms with Gasteiger partial charge in [0.25, 0.3) is 5.91 Å². The van der Waals surface area contributed by atoms with E-state index < -0.39 is 0 Å². The minimum atomic E-state index is -0.326. The molecule has 1 atom stereocenters. The maximum atomic E-state index is 13.3. The Balaban J connectivity index is 1.59. The molecule has 6 nitrogen and oxygen atoms in total. The fraction of sp³-hybridized carbons (Fsp3) is 0.269. The van der Waals surface area contributed by atoms with Crippen molar-refractivity contribution in [1.82, 2.24) is 19.4 Å². The van der Waals surface area contributed by atoms with E-state index in [0.717, 1.165) is 16.7 Å². The molecule has 1 aliphatic rings. The van der Waals surface area contributed by atoms with Gasteiger partial charge in [-0.1, -0.05) is 60.7 Å². The van der Waals surface area contributed by atoms with E-state index in [1.807, 2.05) is 30.3 Å². The van der Waals surface area contributed by atoms with Crippen LogP contribution in [0.25, 0.3) is 11.1 Å². The molecule has 0 radical (unpaired) electrons. The lowest BCUT2D eigenvalue weighted by Crippen LogP contribution is -2.38. The van der Waals surface area contributed by atoms with Crippen molar-refractivity contribution >= 4 is 11.8 Å². The molecule has 0 N–H and O–H groups in total. The molecule has 0 aliphatic carbocycles. The van der Waals surface area contributed by atoms with Gasteiger partial charge in [-0.3, -0.25) is 9.59 Å². The zero-order chi connectivity index (χ0) is 22.5. The van der Waals surface area contributed by atoms with Gasteiger partial charge >= 0.3 is 0 Å². The van der Waals surface area contributed by atoms with Gasteiger partial charge in [0.1, 0.15) is 0 Å². The summed E-state index contributed by atoms with van der Waals surface area (Å²) >= 11 is 0. The van der Waals surface area contributed by atoms with Gasteiger partial charge in [0.15, 0.2) is 5.82 Å². The molecule has 4 rings (SSSR count). The molecule has 2 aromatic carbocycles. The maximum absolute atomic E-state index is 13.3. The second kappa shape index (κ2) is 9.64. The second-order valence-corrected chi connectivity index (χ2v) is 8.15. The topological polar surface area (TPSA) is 58.4 Å². The molecule has 0 spiro atoms. The Kier molecular flexibility index (Phi) is 6.50. The molecule has 0 saturated carbocycles. The number of hydrogen-bond acceptors (Lipinski definition) is 3. The van der Waals surface area contributed by atoms with Crippen LogP contribution < -0.4 is 0 Å². The van der Waals surface area contributed by atoms with Crippen LogP contribution in [0.2, 0.25) is 0 Å². The summed E-state index contributed by atoms with van der Waals surface area (Å²) in [5.74, 6) is -0.0221. The molecule has 1 aromatic heterocycles. The van der Waals surface area contributed by atoms with E-state index in [2.05, 4.69) is 35.8 Å². The Morgan fingerprint density at radius 2 is 1.91 bits per heavy atom. The largest absolute Gasteiger partial charge is 0.337 e. The molecule has 0 unspecified atom stereocenters. The number of aryl methyl sites for hydroxylation is 1. The van der Waals surface area contributed by atoms with Crippen LogP contribution in [0.4, 0.5) is 0 Å². The summed E-state index contributed by atoms with van der Waals surface area (Å²) < 4.78 is 1.72. The lowest BCUT2D eigenvalue weighted by Gasteiger charge is -2.23. The first-order chi connectivity index (χ1) is 15.6. The lowest BCUT2D eigenvalue weighted by atomic mass is 9.94. The molecule has 164 valence electrons. The molecule has 1 aliphatic heterocycles. The van der Waals surface area contributed by atoms with E-state index in [1.165, 1.54) is 0 Å². The highest BCUT2D eigenvalue weighted by molar-refractivity contribution is 5.91. The molecular formula is C26H28N4O2. The molecule has 2 amide bonds. The summed E-state index contributed by atoms with van der Waals surface area (Å²) in [4.78, 5) is 34.2. The van der Waals surface area contributed by atoms with E-state index in [0.29, 0.717) is 38.4 Å². The standard InChI is InChI=1S/C26H28N4O2/c1-3-13-29-15-16-30(26(32)24-27-12-14-28(24)2)19-23(25(29)31)18-20-8-7-11-22(17-20)21-9-5-4-6-10-21/h3-12,14,17,23H,1,13,15-16,18-19H2,2H3/t23-/m1/s1. The number of carbonyl (C=O) groups excluding carboxylic acids is 2. The monoisotopic (exact) mass is 428 g/mol. The minimum absolute atomic E-state index is 0.0603. The van der Waals surface area contributed by atoms with Gasteiger partial charge in [-0.2, -0.15) is 0 Å². The quantitative estimate of drug-likeness (QED) is 0.566. The van der Waals surface area contributed by atoms with Crippen LogP contribution in [-0.4, -0.2) is 57.3 Å². The van der Waals surface area contributed by atoms with Crippen molar-refractivity contribution in [2.24, 2.45) is 13.0 Å². The summed E-state index contributed by atoms with van der Waals surface area (Å²) in [7, 11) is 1.81. The average molecular weight is 429 g/mol. The minimum Gasteiger partial charge on any atom is -0.337 e. The summed E-state index contributed by atoms with van der Waals surface area (Å²) in [6.07, 6.45) is 5.68. The van der Waals surface area contributed by atoms with Crippen molar-refractivity contribution in [3.63, 3.8) is 0 Å². The number of hydrogen-bond donors (Lipinski definition) is 0. The van der Waals surface area contributed by atoms with E-state index in [4.69, 9.17) is 0 Å². The molecule has 1 fully saturated rings. The van der Waals surface area contributed by atoms with Crippen LogP contribution in [0.5, 0.6) is 0 Å². The third-order valence-electron chi connectivity index (χ3n) is 5.91. The van der Waals surface area contributed by atoms with Gasteiger partial charge in [0.2, 0.25) is 5.91 Å². The van der Waals surface area contributed by atoms with Crippen LogP contribution >= 0.6 is 0 Å². The van der Waals surface area contributed by atoms with E-state index >= 15 is 0 Å². The number of nitrogens with zero attached hydrogens (tertiary/aromatic N) is 4. The van der Waals surface area contributed by atoms with Crippen molar-refractivity contribution in [2.45, 2.75) is 6.42 Å². The summed E-state index contributed by atoms with van der Waals surface area (Å²) in [6.45, 7) is 5.60.